The van der Waals surface area contributed by atoms with Gasteiger partial charge in [-0.05, 0) is 18.6 Å². The van der Waals surface area contributed by atoms with Crippen LogP contribution < -0.4 is 10.2 Å². The lowest BCUT2D eigenvalue weighted by atomic mass is 10.1. The zero-order chi connectivity index (χ0) is 19.9. The summed E-state index contributed by atoms with van der Waals surface area (Å²) in [5.74, 6) is -0.354. The molecule has 2 N–H and O–H groups in total. The number of quaternary nitrogens is 1. The molecule has 1 heterocycles. The molecular formula is C23H28N3O2+. The maximum atomic E-state index is 13.0. The Morgan fingerprint density at radius 3 is 2.43 bits per heavy atom. The Hall–Kier alpha value is -2.92. The SMILES string of the molecule is CC(=O)N/C(=C\c1ccccc1)C(=O)N1CC[NH+](Cc2cccc(C)c2)CC1. The molecule has 1 aliphatic rings. The van der Waals surface area contributed by atoms with Crippen molar-refractivity contribution in [3.05, 3.63) is 77.0 Å². The number of aryl methyl sites for hydroxylation is 1. The smallest absolute Gasteiger partial charge is 0.270 e. The van der Waals surface area contributed by atoms with Gasteiger partial charge in [-0.25, -0.2) is 0 Å². The molecule has 0 aliphatic carbocycles. The van der Waals surface area contributed by atoms with E-state index in [1.165, 1.54) is 23.0 Å². The summed E-state index contributed by atoms with van der Waals surface area (Å²) in [6, 6.07) is 18.2. The molecule has 0 spiro atoms. The van der Waals surface area contributed by atoms with E-state index in [1.807, 2.05) is 35.2 Å². The van der Waals surface area contributed by atoms with Crippen LogP contribution in [0, 0.1) is 6.92 Å². The molecule has 0 bridgehead atoms. The van der Waals surface area contributed by atoms with E-state index in [0.29, 0.717) is 18.8 Å². The second-order valence-corrected chi connectivity index (χ2v) is 7.36. The molecular weight excluding hydrogens is 350 g/mol. The molecule has 1 saturated heterocycles. The van der Waals surface area contributed by atoms with E-state index in [9.17, 15) is 9.59 Å². The Kier molecular flexibility index (Phi) is 6.61. The number of benzene rings is 2. The second-order valence-electron chi connectivity index (χ2n) is 7.36. The number of amides is 2. The Morgan fingerprint density at radius 1 is 1.07 bits per heavy atom. The third-order valence-electron chi connectivity index (χ3n) is 4.95. The minimum absolute atomic E-state index is 0.117. The average molecular weight is 378 g/mol. The summed E-state index contributed by atoms with van der Waals surface area (Å²) >= 11 is 0. The summed E-state index contributed by atoms with van der Waals surface area (Å²) in [6.07, 6.45) is 1.75. The van der Waals surface area contributed by atoms with Crippen LogP contribution in [0.2, 0.25) is 0 Å². The highest BCUT2D eigenvalue weighted by Gasteiger charge is 2.26. The maximum absolute atomic E-state index is 13.0. The van der Waals surface area contributed by atoms with E-state index in [-0.39, 0.29) is 11.8 Å². The highest BCUT2D eigenvalue weighted by Crippen LogP contribution is 2.09. The van der Waals surface area contributed by atoms with Crippen LogP contribution in [0.25, 0.3) is 6.08 Å². The van der Waals surface area contributed by atoms with Gasteiger partial charge in [0.15, 0.2) is 0 Å². The number of carbonyl (C=O) groups excluding carboxylic acids is 2. The van der Waals surface area contributed by atoms with Gasteiger partial charge in [-0.1, -0.05) is 60.2 Å². The summed E-state index contributed by atoms with van der Waals surface area (Å²) in [5.41, 5.74) is 3.83. The molecule has 2 aromatic rings. The molecule has 3 rings (SSSR count). The number of nitrogens with zero attached hydrogens (tertiary/aromatic N) is 1. The van der Waals surface area contributed by atoms with Crippen molar-refractivity contribution in [3.63, 3.8) is 0 Å². The minimum atomic E-state index is -0.237. The van der Waals surface area contributed by atoms with Crippen LogP contribution in [0.5, 0.6) is 0 Å². The molecule has 0 unspecified atom stereocenters. The van der Waals surface area contributed by atoms with Crippen LogP contribution >= 0.6 is 0 Å². The van der Waals surface area contributed by atoms with E-state index in [1.54, 1.807) is 6.08 Å². The molecule has 0 atom stereocenters. The predicted molar refractivity (Wildman–Crippen MR) is 110 cm³/mol. The lowest BCUT2D eigenvalue weighted by Gasteiger charge is -2.32. The van der Waals surface area contributed by atoms with Crippen molar-refractivity contribution in [2.24, 2.45) is 0 Å². The number of carbonyl (C=O) groups is 2. The van der Waals surface area contributed by atoms with Gasteiger partial charge in [-0.3, -0.25) is 9.59 Å². The zero-order valence-electron chi connectivity index (χ0n) is 16.6. The van der Waals surface area contributed by atoms with Gasteiger partial charge in [0.1, 0.15) is 12.2 Å². The third kappa shape index (κ3) is 5.54. The Bertz CT molecular complexity index is 853. The van der Waals surface area contributed by atoms with Gasteiger partial charge in [-0.15, -0.1) is 0 Å². The van der Waals surface area contributed by atoms with Gasteiger partial charge in [-0.2, -0.15) is 0 Å². The van der Waals surface area contributed by atoms with E-state index >= 15 is 0 Å². The number of rotatable bonds is 5. The zero-order valence-corrected chi connectivity index (χ0v) is 16.6. The summed E-state index contributed by atoms with van der Waals surface area (Å²) in [6.45, 7) is 7.68. The molecule has 0 saturated carbocycles. The first-order chi connectivity index (χ1) is 13.5. The first kappa shape index (κ1) is 19.8. The van der Waals surface area contributed by atoms with Gasteiger partial charge in [0, 0.05) is 12.5 Å². The van der Waals surface area contributed by atoms with E-state index < -0.39 is 0 Å². The molecule has 28 heavy (non-hydrogen) atoms. The van der Waals surface area contributed by atoms with Gasteiger partial charge in [0.05, 0.1) is 26.2 Å². The van der Waals surface area contributed by atoms with Crippen LogP contribution in [0.3, 0.4) is 0 Å². The van der Waals surface area contributed by atoms with Crippen molar-refractivity contribution < 1.29 is 14.5 Å². The third-order valence-corrected chi connectivity index (χ3v) is 4.95. The maximum Gasteiger partial charge on any atom is 0.270 e. The standard InChI is InChI=1S/C23H27N3O2/c1-18-7-6-10-21(15-18)17-25-11-13-26(14-12-25)23(28)22(24-19(2)27)16-20-8-4-3-5-9-20/h3-10,15-16H,11-14,17H2,1-2H3,(H,24,27)/p+1/b22-16-. The van der Waals surface area contributed by atoms with Crippen molar-refractivity contribution in [2.45, 2.75) is 20.4 Å². The lowest BCUT2D eigenvalue weighted by molar-refractivity contribution is -0.917. The minimum Gasteiger partial charge on any atom is -0.328 e. The highest BCUT2D eigenvalue weighted by atomic mass is 16.2. The van der Waals surface area contributed by atoms with Crippen molar-refractivity contribution >= 4 is 17.9 Å². The summed E-state index contributed by atoms with van der Waals surface area (Å²) in [4.78, 5) is 27.9. The second kappa shape index (κ2) is 9.33. The fourth-order valence-electron chi connectivity index (χ4n) is 3.54. The normalized spacial score (nSPS) is 15.4. The van der Waals surface area contributed by atoms with Crippen molar-refractivity contribution in [3.8, 4) is 0 Å². The van der Waals surface area contributed by atoms with Crippen molar-refractivity contribution in [1.82, 2.24) is 10.2 Å². The summed E-state index contributed by atoms with van der Waals surface area (Å²) < 4.78 is 0. The predicted octanol–water partition coefficient (Wildman–Crippen LogP) is 1.40. The first-order valence-corrected chi connectivity index (χ1v) is 9.74. The Balaban J connectivity index is 1.63. The molecule has 1 fully saturated rings. The van der Waals surface area contributed by atoms with Crippen LogP contribution in [0.4, 0.5) is 0 Å². The molecule has 1 aliphatic heterocycles. The summed E-state index contributed by atoms with van der Waals surface area (Å²) in [7, 11) is 0. The molecule has 5 nitrogen and oxygen atoms in total. The van der Waals surface area contributed by atoms with Gasteiger partial charge in [0.25, 0.3) is 5.91 Å². The first-order valence-electron chi connectivity index (χ1n) is 9.74. The molecule has 0 radical (unpaired) electrons. The Labute approximate surface area is 166 Å². The molecule has 2 aromatic carbocycles. The van der Waals surface area contributed by atoms with Crippen molar-refractivity contribution in [1.29, 1.82) is 0 Å². The largest absolute Gasteiger partial charge is 0.328 e. The summed E-state index contributed by atoms with van der Waals surface area (Å²) in [5, 5.41) is 2.71. The number of hydrogen-bond acceptors (Lipinski definition) is 2. The van der Waals surface area contributed by atoms with E-state index in [0.717, 1.165) is 25.2 Å². The molecule has 5 heteroatoms. The van der Waals surface area contributed by atoms with Gasteiger partial charge < -0.3 is 15.1 Å². The average Bonchev–Trinajstić information content (AvgIpc) is 2.68. The quantitative estimate of drug-likeness (QED) is 0.773. The Morgan fingerprint density at radius 2 is 1.79 bits per heavy atom. The number of hydrogen-bond donors (Lipinski definition) is 2. The monoisotopic (exact) mass is 378 g/mol. The van der Waals surface area contributed by atoms with E-state index in [4.69, 9.17) is 0 Å². The number of piperazine rings is 1. The van der Waals surface area contributed by atoms with Crippen molar-refractivity contribution in [2.75, 3.05) is 26.2 Å². The molecule has 2 amide bonds. The highest BCUT2D eigenvalue weighted by molar-refractivity contribution is 6.00. The van der Waals surface area contributed by atoms with Crippen LogP contribution in [-0.2, 0) is 16.1 Å². The van der Waals surface area contributed by atoms with E-state index in [2.05, 4.69) is 36.5 Å². The fourth-order valence-corrected chi connectivity index (χ4v) is 3.54. The molecule has 146 valence electrons. The fraction of sp³-hybridized carbons (Fsp3) is 0.304. The topological polar surface area (TPSA) is 53.9 Å². The van der Waals surface area contributed by atoms with Gasteiger partial charge in [0.2, 0.25) is 5.91 Å². The van der Waals surface area contributed by atoms with Crippen LogP contribution in [0.1, 0.15) is 23.6 Å². The van der Waals surface area contributed by atoms with Gasteiger partial charge >= 0.3 is 0 Å². The van der Waals surface area contributed by atoms with Crippen LogP contribution in [0.15, 0.2) is 60.3 Å². The lowest BCUT2D eigenvalue weighted by Crippen LogP contribution is -3.13. The van der Waals surface area contributed by atoms with Crippen LogP contribution in [-0.4, -0.2) is 42.9 Å². The molecule has 0 aromatic heterocycles. The number of nitrogens with one attached hydrogen (secondary N) is 2.